The summed E-state index contributed by atoms with van der Waals surface area (Å²) in [5.41, 5.74) is 1.58. The van der Waals surface area contributed by atoms with Crippen LogP contribution in [-0.2, 0) is 9.53 Å². The van der Waals surface area contributed by atoms with Crippen molar-refractivity contribution in [2.75, 3.05) is 12.4 Å². The molecule has 0 bridgehead atoms. The first-order valence-corrected chi connectivity index (χ1v) is 11.4. The topological polar surface area (TPSA) is 85.2 Å². The Hall–Kier alpha value is -1.59. The van der Waals surface area contributed by atoms with Gasteiger partial charge >= 0.3 is 12.0 Å². The lowest BCUT2D eigenvalue weighted by Gasteiger charge is -2.26. The number of amides is 2. The minimum atomic E-state index is -0.461. The molecule has 154 valence electrons. The first kappa shape index (κ1) is 22.1. The first-order valence-electron chi connectivity index (χ1n) is 8.46. The van der Waals surface area contributed by atoms with Crippen LogP contribution in [0.4, 0.5) is 4.79 Å². The van der Waals surface area contributed by atoms with Gasteiger partial charge in [0.15, 0.2) is 8.29 Å². The smallest absolute Gasteiger partial charge is 0.337 e. The van der Waals surface area contributed by atoms with E-state index in [-0.39, 0.29) is 12.6 Å². The predicted octanol–water partition coefficient (Wildman–Crippen LogP) is 4.58. The van der Waals surface area contributed by atoms with Gasteiger partial charge in [-0.1, -0.05) is 46.3 Å². The van der Waals surface area contributed by atoms with E-state index in [1.807, 2.05) is 0 Å². The van der Waals surface area contributed by atoms with Gasteiger partial charge in [-0.25, -0.2) is 14.3 Å². The molecule has 0 fully saturated rings. The Bertz CT molecular complexity index is 1050. The van der Waals surface area contributed by atoms with Gasteiger partial charge in [0.1, 0.15) is 0 Å². The Morgan fingerprint density at radius 3 is 2.86 bits per heavy atom. The van der Waals surface area contributed by atoms with E-state index in [9.17, 15) is 9.59 Å². The van der Waals surface area contributed by atoms with Gasteiger partial charge in [0.2, 0.25) is 0 Å². The maximum Gasteiger partial charge on any atom is 0.337 e. The number of nitrogens with one attached hydrogen (secondary N) is 2. The second kappa shape index (κ2) is 9.48. The Kier molecular flexibility index (Phi) is 7.23. The van der Waals surface area contributed by atoms with E-state index in [4.69, 9.17) is 40.2 Å². The maximum atomic E-state index is 12.3. The average molecular weight is 491 g/mol. The highest BCUT2D eigenvalue weighted by molar-refractivity contribution is 8.01. The number of benzene rings is 1. The summed E-state index contributed by atoms with van der Waals surface area (Å²) in [6.07, 6.45) is 0. The fraction of sp³-hybridized carbons (Fsp3) is 0.294. The third-order valence-electron chi connectivity index (χ3n) is 3.88. The molecule has 0 unspecified atom stereocenters. The number of aromatic nitrogens is 2. The van der Waals surface area contributed by atoms with Crippen molar-refractivity contribution in [3.63, 3.8) is 0 Å². The molecule has 1 aliphatic heterocycles. The molecule has 0 spiro atoms. The molecule has 3 rings (SSSR count). The minimum Gasteiger partial charge on any atom is -0.463 e. The SMILES string of the molecule is CCOC(=O)C1=C(CSc2nn(-c3ccc(Cl)c(Cl)c3)c(=S)s2)NC(=O)N[C@@H]1C. The molecule has 0 saturated heterocycles. The molecule has 1 aromatic heterocycles. The Balaban J connectivity index is 1.83. The molecular formula is C17H16Cl2N4O3S3. The number of rotatable bonds is 6. The minimum absolute atomic E-state index is 0.249. The van der Waals surface area contributed by atoms with Gasteiger partial charge in [-0.3, -0.25) is 0 Å². The summed E-state index contributed by atoms with van der Waals surface area (Å²) in [5.74, 6) is -0.132. The number of ether oxygens (including phenoxy) is 1. The fourth-order valence-electron chi connectivity index (χ4n) is 2.63. The molecule has 0 radical (unpaired) electrons. The van der Waals surface area contributed by atoms with Crippen molar-refractivity contribution in [3.05, 3.63) is 43.5 Å². The van der Waals surface area contributed by atoms with Crippen LogP contribution in [0.25, 0.3) is 5.69 Å². The molecular weight excluding hydrogens is 475 g/mol. The molecule has 2 heterocycles. The number of carbonyl (C=O) groups is 2. The van der Waals surface area contributed by atoms with Crippen molar-refractivity contribution in [1.29, 1.82) is 0 Å². The van der Waals surface area contributed by atoms with Crippen molar-refractivity contribution >= 4 is 70.5 Å². The van der Waals surface area contributed by atoms with E-state index in [0.29, 0.717) is 41.0 Å². The third-order valence-corrected chi connectivity index (χ3v) is 7.01. The van der Waals surface area contributed by atoms with Crippen LogP contribution in [0.2, 0.25) is 10.0 Å². The molecule has 12 heteroatoms. The standard InChI is InChI=1S/C17H16Cl2N4O3S3/c1-3-26-14(24)13-8(2)20-15(25)21-12(13)7-28-16-22-23(17(27)29-16)9-4-5-10(18)11(19)6-9/h4-6,8H,3,7H2,1-2H3,(H2,20,21,25)/t8-/m1/s1. The van der Waals surface area contributed by atoms with E-state index in [1.165, 1.54) is 23.1 Å². The van der Waals surface area contributed by atoms with Gasteiger partial charge in [-0.2, -0.15) is 0 Å². The van der Waals surface area contributed by atoms with Gasteiger partial charge in [0.05, 0.1) is 34.0 Å². The van der Waals surface area contributed by atoms with Gasteiger partial charge < -0.3 is 15.4 Å². The molecule has 2 amide bonds. The number of nitrogens with zero attached hydrogens (tertiary/aromatic N) is 2. The van der Waals surface area contributed by atoms with Crippen molar-refractivity contribution in [1.82, 2.24) is 20.4 Å². The van der Waals surface area contributed by atoms with E-state index in [1.54, 1.807) is 36.7 Å². The monoisotopic (exact) mass is 490 g/mol. The van der Waals surface area contributed by atoms with Gasteiger partial charge in [0.25, 0.3) is 0 Å². The molecule has 7 nitrogen and oxygen atoms in total. The van der Waals surface area contributed by atoms with Crippen LogP contribution in [-0.4, -0.2) is 40.2 Å². The van der Waals surface area contributed by atoms with E-state index >= 15 is 0 Å². The van der Waals surface area contributed by atoms with E-state index in [0.717, 1.165) is 0 Å². The molecule has 1 atom stereocenters. The third kappa shape index (κ3) is 5.13. The quantitative estimate of drug-likeness (QED) is 0.350. The lowest BCUT2D eigenvalue weighted by atomic mass is 10.1. The van der Waals surface area contributed by atoms with Crippen LogP contribution in [0.5, 0.6) is 0 Å². The average Bonchev–Trinajstić information content (AvgIpc) is 3.02. The largest absolute Gasteiger partial charge is 0.463 e. The van der Waals surface area contributed by atoms with Crippen molar-refractivity contribution in [3.8, 4) is 5.69 Å². The van der Waals surface area contributed by atoms with Crippen LogP contribution < -0.4 is 10.6 Å². The van der Waals surface area contributed by atoms with Crippen LogP contribution in [0.1, 0.15) is 13.8 Å². The summed E-state index contributed by atoms with van der Waals surface area (Å²) < 4.78 is 7.92. The zero-order chi connectivity index (χ0) is 21.1. The molecule has 2 aromatic rings. The van der Waals surface area contributed by atoms with E-state index < -0.39 is 12.0 Å². The number of hydrogen-bond donors (Lipinski definition) is 2. The summed E-state index contributed by atoms with van der Waals surface area (Å²) in [7, 11) is 0. The number of thioether (sulfide) groups is 1. The number of esters is 1. The normalized spacial score (nSPS) is 16.4. The highest BCUT2D eigenvalue weighted by atomic mass is 35.5. The Morgan fingerprint density at radius 1 is 1.41 bits per heavy atom. The van der Waals surface area contributed by atoms with Gasteiger partial charge in [0, 0.05) is 11.4 Å². The summed E-state index contributed by atoms with van der Waals surface area (Å²) in [5, 5.41) is 10.7. The van der Waals surface area contributed by atoms with Gasteiger partial charge in [-0.05, 0) is 44.3 Å². The zero-order valence-corrected chi connectivity index (χ0v) is 19.3. The van der Waals surface area contributed by atoms with Crippen LogP contribution >= 0.6 is 58.5 Å². The lowest BCUT2D eigenvalue weighted by Crippen LogP contribution is -2.49. The first-order chi connectivity index (χ1) is 13.8. The second-order valence-corrected chi connectivity index (χ2v) is 9.53. The Labute approximate surface area is 190 Å². The second-order valence-electron chi connectivity index (χ2n) is 5.87. The van der Waals surface area contributed by atoms with Crippen LogP contribution in [0, 0.1) is 3.95 Å². The molecule has 2 N–H and O–H groups in total. The van der Waals surface area contributed by atoms with Gasteiger partial charge in [-0.15, -0.1) is 5.10 Å². The van der Waals surface area contributed by atoms with Crippen molar-refractivity contribution < 1.29 is 14.3 Å². The highest BCUT2D eigenvalue weighted by Crippen LogP contribution is 2.29. The number of hydrogen-bond acceptors (Lipinski definition) is 7. The molecule has 1 aromatic carbocycles. The molecule has 0 saturated carbocycles. The number of carbonyl (C=O) groups excluding carboxylic acids is 2. The highest BCUT2D eigenvalue weighted by Gasteiger charge is 2.29. The summed E-state index contributed by atoms with van der Waals surface area (Å²) in [6, 6.07) is 4.31. The van der Waals surface area contributed by atoms with Crippen LogP contribution in [0.15, 0.2) is 33.8 Å². The summed E-state index contributed by atoms with van der Waals surface area (Å²) in [6.45, 7) is 3.71. The maximum absolute atomic E-state index is 12.3. The molecule has 29 heavy (non-hydrogen) atoms. The van der Waals surface area contributed by atoms with E-state index in [2.05, 4.69) is 15.7 Å². The molecule has 1 aliphatic rings. The number of halogens is 2. The number of urea groups is 1. The summed E-state index contributed by atoms with van der Waals surface area (Å²) in [4.78, 5) is 24.2. The zero-order valence-electron chi connectivity index (χ0n) is 15.3. The fourth-order valence-corrected chi connectivity index (χ4v) is 5.25. The Morgan fingerprint density at radius 2 is 2.17 bits per heavy atom. The predicted molar refractivity (Wildman–Crippen MR) is 118 cm³/mol. The lowest BCUT2D eigenvalue weighted by molar-refractivity contribution is -0.138. The summed E-state index contributed by atoms with van der Waals surface area (Å²) >= 11 is 20.1. The van der Waals surface area contributed by atoms with Crippen molar-refractivity contribution in [2.24, 2.45) is 0 Å². The van der Waals surface area contributed by atoms with Crippen LogP contribution in [0.3, 0.4) is 0 Å². The van der Waals surface area contributed by atoms with Crippen molar-refractivity contribution in [2.45, 2.75) is 24.2 Å². The molecule has 0 aliphatic carbocycles.